The van der Waals surface area contributed by atoms with E-state index in [2.05, 4.69) is 28.1 Å². The van der Waals surface area contributed by atoms with Crippen molar-refractivity contribution >= 4 is 28.8 Å². The minimum atomic E-state index is -0.271. The van der Waals surface area contributed by atoms with Crippen LogP contribution in [-0.2, 0) is 4.79 Å². The minimum absolute atomic E-state index is 0.271. The molecule has 0 atom stereocenters. The van der Waals surface area contributed by atoms with Crippen LogP contribution in [0.4, 0.5) is 0 Å². The van der Waals surface area contributed by atoms with Gasteiger partial charge in [-0.15, -0.1) is 0 Å². The molecule has 0 saturated heterocycles. The Morgan fingerprint density at radius 3 is 2.36 bits per heavy atom. The number of hydrogen-bond donors (Lipinski definition) is 2. The number of thiocarbonyl (C=S) groups is 1. The lowest BCUT2D eigenvalue weighted by atomic mass is 10.4. The smallest absolute Gasteiger partial charge is 0.271 e. The molecule has 0 heterocycles. The summed E-state index contributed by atoms with van der Waals surface area (Å²) in [7, 11) is 1.63. The molecule has 5 heteroatoms. The molecule has 2 N–H and O–H groups in total. The average molecular weight is 173 g/mol. The van der Waals surface area contributed by atoms with Crippen LogP contribution in [0.3, 0.4) is 0 Å². The van der Waals surface area contributed by atoms with Crippen LogP contribution >= 0.6 is 12.2 Å². The minimum Gasteiger partial charge on any atom is -0.315 e. The van der Waals surface area contributed by atoms with Crippen molar-refractivity contribution in [2.75, 3.05) is 7.05 Å². The first-order valence-electron chi connectivity index (χ1n) is 3.11. The zero-order valence-corrected chi connectivity index (χ0v) is 7.58. The van der Waals surface area contributed by atoms with Gasteiger partial charge in [0, 0.05) is 7.05 Å². The Balaban J connectivity index is 4.03. The highest BCUT2D eigenvalue weighted by molar-refractivity contribution is 7.80. The molecule has 0 aromatic heterocycles. The van der Waals surface area contributed by atoms with Crippen molar-refractivity contribution in [2.45, 2.75) is 13.8 Å². The number of amides is 1. The molecule has 0 radical (unpaired) electrons. The van der Waals surface area contributed by atoms with Crippen molar-refractivity contribution in [1.29, 1.82) is 0 Å². The van der Waals surface area contributed by atoms with E-state index in [1.807, 2.05) is 0 Å². The summed E-state index contributed by atoms with van der Waals surface area (Å²) in [5.74, 6) is -0.271. The van der Waals surface area contributed by atoms with Gasteiger partial charge in [-0.25, -0.2) is 0 Å². The van der Waals surface area contributed by atoms with Gasteiger partial charge in [-0.1, -0.05) is 12.2 Å². The number of nitrogens with one attached hydrogen (secondary N) is 2. The first-order chi connectivity index (χ1) is 5.07. The summed E-state index contributed by atoms with van der Waals surface area (Å²) in [6.45, 7) is 3.24. The summed E-state index contributed by atoms with van der Waals surface area (Å²) in [6, 6.07) is 0. The molecule has 0 saturated carbocycles. The van der Waals surface area contributed by atoms with Crippen LogP contribution in [0.25, 0.3) is 0 Å². The van der Waals surface area contributed by atoms with Gasteiger partial charge in [0.1, 0.15) is 5.71 Å². The van der Waals surface area contributed by atoms with Gasteiger partial charge in [0.25, 0.3) is 5.91 Å². The van der Waals surface area contributed by atoms with Gasteiger partial charge in [-0.05, 0) is 13.8 Å². The van der Waals surface area contributed by atoms with Crippen LogP contribution in [0.15, 0.2) is 5.10 Å². The molecule has 0 aliphatic rings. The fourth-order valence-corrected chi connectivity index (χ4v) is 0.562. The van der Waals surface area contributed by atoms with Crippen molar-refractivity contribution in [3.63, 3.8) is 0 Å². The van der Waals surface area contributed by atoms with Crippen LogP contribution in [0.2, 0.25) is 0 Å². The van der Waals surface area contributed by atoms with Crippen LogP contribution in [0.1, 0.15) is 13.8 Å². The summed E-state index contributed by atoms with van der Waals surface area (Å²) in [5.41, 5.74) is 2.86. The van der Waals surface area contributed by atoms with Crippen molar-refractivity contribution in [1.82, 2.24) is 10.7 Å². The van der Waals surface area contributed by atoms with Crippen molar-refractivity contribution in [2.24, 2.45) is 5.10 Å². The number of rotatable bonds is 2. The van der Waals surface area contributed by atoms with E-state index in [0.717, 1.165) is 0 Å². The molecule has 0 unspecified atom stereocenters. The monoisotopic (exact) mass is 173 g/mol. The van der Waals surface area contributed by atoms with E-state index in [-0.39, 0.29) is 5.91 Å². The molecule has 0 rings (SSSR count). The normalized spacial score (nSPS) is 10.6. The van der Waals surface area contributed by atoms with E-state index in [1.165, 1.54) is 0 Å². The molecule has 0 aliphatic carbocycles. The Bertz CT molecular complexity index is 200. The van der Waals surface area contributed by atoms with E-state index < -0.39 is 0 Å². The second kappa shape index (κ2) is 4.79. The maximum absolute atomic E-state index is 11.0. The maximum Gasteiger partial charge on any atom is 0.271 e. The van der Waals surface area contributed by atoms with Gasteiger partial charge < -0.3 is 10.7 Å². The third kappa shape index (κ3) is 4.44. The lowest BCUT2D eigenvalue weighted by molar-refractivity contribution is -0.113. The predicted molar refractivity (Wildman–Crippen MR) is 48.6 cm³/mol. The van der Waals surface area contributed by atoms with E-state index in [9.17, 15) is 4.79 Å². The number of carbonyl (C=O) groups excluding carboxylic acids is 1. The summed E-state index contributed by atoms with van der Waals surface area (Å²) in [4.78, 5) is 11.4. The molecular formula is C6H11N3OS. The number of hydrazone groups is 1. The van der Waals surface area contributed by atoms with E-state index in [0.29, 0.717) is 10.7 Å². The summed E-state index contributed by atoms with van der Waals surface area (Å²) >= 11 is 4.67. The van der Waals surface area contributed by atoms with Gasteiger partial charge in [-0.3, -0.25) is 4.79 Å². The second-order valence-electron chi connectivity index (χ2n) is 1.93. The Morgan fingerprint density at radius 1 is 1.45 bits per heavy atom. The highest BCUT2D eigenvalue weighted by Gasteiger charge is 2.04. The van der Waals surface area contributed by atoms with Crippen LogP contribution in [0, 0.1) is 0 Å². The van der Waals surface area contributed by atoms with Crippen molar-refractivity contribution in [3.05, 3.63) is 0 Å². The van der Waals surface area contributed by atoms with Crippen LogP contribution in [-0.4, -0.2) is 23.7 Å². The van der Waals surface area contributed by atoms with Gasteiger partial charge >= 0.3 is 0 Å². The zero-order valence-electron chi connectivity index (χ0n) is 6.76. The largest absolute Gasteiger partial charge is 0.315 e. The molecule has 62 valence electrons. The molecule has 1 amide bonds. The zero-order chi connectivity index (χ0) is 8.85. The Hall–Kier alpha value is -0.970. The highest BCUT2D eigenvalue weighted by atomic mass is 32.1. The first kappa shape index (κ1) is 10.0. The van der Waals surface area contributed by atoms with Gasteiger partial charge in [0.05, 0.1) is 4.99 Å². The standard InChI is InChI=1S/C6H11N3OS/c1-4(9-7-3)6(10)8-5(2)11/h7H,1-3H3,(H,8,10,11)/b9-4-. The molecule has 0 aliphatic heterocycles. The molecule has 0 aromatic carbocycles. The summed E-state index contributed by atoms with van der Waals surface area (Å²) in [5, 5.41) is 6.12. The fourth-order valence-electron chi connectivity index (χ4n) is 0.469. The maximum atomic E-state index is 11.0. The number of carbonyl (C=O) groups is 1. The quantitative estimate of drug-likeness (QED) is 0.352. The molecule has 11 heavy (non-hydrogen) atoms. The Morgan fingerprint density at radius 2 is 2.00 bits per heavy atom. The SMILES string of the molecule is CN/N=C(/C)C(=O)NC(C)=S. The lowest BCUT2D eigenvalue weighted by Gasteiger charge is -2.00. The van der Waals surface area contributed by atoms with E-state index >= 15 is 0 Å². The molecule has 0 spiro atoms. The fraction of sp³-hybridized carbons (Fsp3) is 0.500. The molecular weight excluding hydrogens is 162 g/mol. The topological polar surface area (TPSA) is 53.5 Å². The number of nitrogens with zero attached hydrogens (tertiary/aromatic N) is 1. The third-order valence-corrected chi connectivity index (χ3v) is 1.000. The molecule has 0 aromatic rings. The highest BCUT2D eigenvalue weighted by Crippen LogP contribution is 1.76. The Labute approximate surface area is 71.0 Å². The molecule has 4 nitrogen and oxygen atoms in total. The predicted octanol–water partition coefficient (Wildman–Crippen LogP) is 0.0452. The third-order valence-electron chi connectivity index (χ3n) is 0.898. The lowest BCUT2D eigenvalue weighted by Crippen LogP contribution is -2.32. The Kier molecular flexibility index (Phi) is 4.36. The van der Waals surface area contributed by atoms with Crippen LogP contribution < -0.4 is 10.7 Å². The van der Waals surface area contributed by atoms with Gasteiger partial charge in [0.15, 0.2) is 0 Å². The van der Waals surface area contributed by atoms with Crippen molar-refractivity contribution < 1.29 is 4.79 Å². The second-order valence-corrected chi connectivity index (χ2v) is 2.54. The van der Waals surface area contributed by atoms with E-state index in [1.54, 1.807) is 20.9 Å². The summed E-state index contributed by atoms with van der Waals surface area (Å²) in [6.07, 6.45) is 0. The van der Waals surface area contributed by atoms with Gasteiger partial charge in [-0.2, -0.15) is 5.10 Å². The average Bonchev–Trinajstić information content (AvgIpc) is 1.86. The molecule has 0 bridgehead atoms. The van der Waals surface area contributed by atoms with Gasteiger partial charge in [0.2, 0.25) is 0 Å². The van der Waals surface area contributed by atoms with E-state index in [4.69, 9.17) is 0 Å². The van der Waals surface area contributed by atoms with Crippen LogP contribution in [0.5, 0.6) is 0 Å². The molecule has 0 fully saturated rings. The summed E-state index contributed by atoms with van der Waals surface area (Å²) < 4.78 is 0. The van der Waals surface area contributed by atoms with Crippen molar-refractivity contribution in [3.8, 4) is 0 Å². The first-order valence-corrected chi connectivity index (χ1v) is 3.51. The number of hydrogen-bond acceptors (Lipinski definition) is 4.